The number of thiophene rings is 1. The summed E-state index contributed by atoms with van der Waals surface area (Å²) >= 11 is 1.24. The molecule has 0 aliphatic carbocycles. The number of carbonyl (C=O) groups is 1. The van der Waals surface area contributed by atoms with E-state index in [-0.39, 0.29) is 25.2 Å². The van der Waals surface area contributed by atoms with E-state index in [9.17, 15) is 19.2 Å². The SMILES string of the molecule is O=C(Cn1cnc2ccccc2c1=O)NCCn1c(=O)[nH]c2ccsc2c1=O. The van der Waals surface area contributed by atoms with Crippen LogP contribution >= 0.6 is 11.3 Å². The van der Waals surface area contributed by atoms with Crippen LogP contribution in [0.15, 0.2) is 56.4 Å². The zero-order valence-corrected chi connectivity index (χ0v) is 15.4. The Morgan fingerprint density at radius 2 is 1.96 bits per heavy atom. The fraction of sp³-hybridized carbons (Fsp3) is 0.167. The molecule has 0 spiro atoms. The molecular formula is C18H15N5O4S. The van der Waals surface area contributed by atoms with Crippen LogP contribution in [0, 0.1) is 0 Å². The second-order valence-electron chi connectivity index (χ2n) is 6.10. The number of H-pyrrole nitrogens is 1. The Morgan fingerprint density at radius 3 is 2.82 bits per heavy atom. The topological polar surface area (TPSA) is 119 Å². The second kappa shape index (κ2) is 7.24. The van der Waals surface area contributed by atoms with Crippen molar-refractivity contribution in [1.29, 1.82) is 0 Å². The van der Waals surface area contributed by atoms with Gasteiger partial charge in [0.05, 0.1) is 22.7 Å². The Morgan fingerprint density at radius 1 is 1.14 bits per heavy atom. The van der Waals surface area contributed by atoms with Crippen LogP contribution in [0.2, 0.25) is 0 Å². The Bertz CT molecular complexity index is 1360. The first kappa shape index (κ1) is 17.9. The van der Waals surface area contributed by atoms with Gasteiger partial charge in [-0.15, -0.1) is 11.3 Å². The van der Waals surface area contributed by atoms with Crippen molar-refractivity contribution in [3.05, 3.63) is 73.2 Å². The van der Waals surface area contributed by atoms with Crippen molar-refractivity contribution in [2.45, 2.75) is 13.1 Å². The third kappa shape index (κ3) is 3.25. The number of aromatic amines is 1. The molecule has 4 aromatic rings. The molecule has 0 saturated heterocycles. The first-order valence-corrected chi connectivity index (χ1v) is 9.34. The molecule has 0 aliphatic rings. The first-order valence-electron chi connectivity index (χ1n) is 8.46. The van der Waals surface area contributed by atoms with E-state index in [2.05, 4.69) is 15.3 Å². The number of hydrogen-bond acceptors (Lipinski definition) is 6. The van der Waals surface area contributed by atoms with Crippen molar-refractivity contribution in [3.8, 4) is 0 Å². The number of rotatable bonds is 5. The predicted octanol–water partition coefficient (Wildman–Crippen LogP) is 0.278. The van der Waals surface area contributed by atoms with Crippen LogP contribution in [-0.2, 0) is 17.9 Å². The average Bonchev–Trinajstić information content (AvgIpc) is 3.15. The van der Waals surface area contributed by atoms with Crippen molar-refractivity contribution in [2.24, 2.45) is 0 Å². The summed E-state index contributed by atoms with van der Waals surface area (Å²) in [6.07, 6.45) is 1.32. The van der Waals surface area contributed by atoms with Gasteiger partial charge in [0, 0.05) is 13.1 Å². The number of carbonyl (C=O) groups excluding carboxylic acids is 1. The minimum absolute atomic E-state index is 0.0264. The Kier molecular flexibility index (Phi) is 4.62. The smallest absolute Gasteiger partial charge is 0.328 e. The van der Waals surface area contributed by atoms with Crippen LogP contribution in [0.25, 0.3) is 21.1 Å². The van der Waals surface area contributed by atoms with Gasteiger partial charge in [-0.25, -0.2) is 9.78 Å². The normalized spacial score (nSPS) is 11.1. The summed E-state index contributed by atoms with van der Waals surface area (Å²) in [6, 6.07) is 8.56. The minimum atomic E-state index is -0.528. The molecule has 0 saturated carbocycles. The molecule has 1 amide bonds. The van der Waals surface area contributed by atoms with Gasteiger partial charge in [0.25, 0.3) is 11.1 Å². The van der Waals surface area contributed by atoms with Gasteiger partial charge in [0.15, 0.2) is 0 Å². The summed E-state index contributed by atoms with van der Waals surface area (Å²) in [6.45, 7) is -0.0983. The molecule has 2 N–H and O–H groups in total. The van der Waals surface area contributed by atoms with Crippen molar-refractivity contribution < 1.29 is 4.79 Å². The van der Waals surface area contributed by atoms with Crippen molar-refractivity contribution in [3.63, 3.8) is 0 Å². The second-order valence-corrected chi connectivity index (χ2v) is 7.01. The lowest BCUT2D eigenvalue weighted by molar-refractivity contribution is -0.121. The maximum absolute atomic E-state index is 12.4. The predicted molar refractivity (Wildman–Crippen MR) is 106 cm³/mol. The number of nitrogens with one attached hydrogen (secondary N) is 2. The first-order chi connectivity index (χ1) is 13.5. The minimum Gasteiger partial charge on any atom is -0.353 e. The van der Waals surface area contributed by atoms with E-state index in [1.807, 2.05) is 0 Å². The van der Waals surface area contributed by atoms with Crippen LogP contribution in [0.5, 0.6) is 0 Å². The number of amides is 1. The molecule has 1 aromatic carbocycles. The van der Waals surface area contributed by atoms with Gasteiger partial charge in [-0.3, -0.25) is 23.5 Å². The highest BCUT2D eigenvalue weighted by molar-refractivity contribution is 7.17. The van der Waals surface area contributed by atoms with E-state index < -0.39 is 17.2 Å². The van der Waals surface area contributed by atoms with Gasteiger partial charge in [0.1, 0.15) is 11.2 Å². The molecule has 142 valence electrons. The van der Waals surface area contributed by atoms with Crippen LogP contribution in [0.4, 0.5) is 0 Å². The molecular weight excluding hydrogens is 382 g/mol. The summed E-state index contributed by atoms with van der Waals surface area (Å²) in [5.41, 5.74) is -0.162. The van der Waals surface area contributed by atoms with E-state index in [4.69, 9.17) is 0 Å². The van der Waals surface area contributed by atoms with Crippen LogP contribution in [-0.4, -0.2) is 31.6 Å². The fourth-order valence-electron chi connectivity index (χ4n) is 2.91. The lowest BCUT2D eigenvalue weighted by Gasteiger charge is -2.09. The van der Waals surface area contributed by atoms with Crippen molar-refractivity contribution >= 4 is 38.4 Å². The van der Waals surface area contributed by atoms with E-state index in [1.54, 1.807) is 35.7 Å². The summed E-state index contributed by atoms with van der Waals surface area (Å²) in [4.78, 5) is 55.7. The molecule has 4 rings (SSSR count). The van der Waals surface area contributed by atoms with Crippen LogP contribution in [0.1, 0.15) is 0 Å². The van der Waals surface area contributed by atoms with Gasteiger partial charge < -0.3 is 10.3 Å². The highest BCUT2D eigenvalue weighted by atomic mass is 32.1. The monoisotopic (exact) mass is 397 g/mol. The molecule has 9 nitrogen and oxygen atoms in total. The molecule has 28 heavy (non-hydrogen) atoms. The zero-order valence-electron chi connectivity index (χ0n) is 14.5. The molecule has 0 bridgehead atoms. The third-order valence-electron chi connectivity index (χ3n) is 4.29. The molecule has 0 atom stereocenters. The molecule has 0 radical (unpaired) electrons. The quantitative estimate of drug-likeness (QED) is 0.501. The fourth-order valence-corrected chi connectivity index (χ4v) is 3.71. The number of para-hydroxylation sites is 1. The Labute approximate surface area is 160 Å². The molecule has 0 aliphatic heterocycles. The summed E-state index contributed by atoms with van der Waals surface area (Å²) < 4.78 is 2.72. The van der Waals surface area contributed by atoms with Gasteiger partial charge in [0.2, 0.25) is 5.91 Å². The van der Waals surface area contributed by atoms with E-state index in [0.717, 1.165) is 4.57 Å². The zero-order chi connectivity index (χ0) is 19.7. The molecule has 3 heterocycles. The molecule has 10 heteroatoms. The highest BCUT2D eigenvalue weighted by Crippen LogP contribution is 2.11. The van der Waals surface area contributed by atoms with Gasteiger partial charge in [-0.1, -0.05) is 12.1 Å². The summed E-state index contributed by atoms with van der Waals surface area (Å²) in [7, 11) is 0. The number of aromatic nitrogens is 4. The number of benzene rings is 1. The van der Waals surface area contributed by atoms with E-state index in [0.29, 0.717) is 21.1 Å². The summed E-state index contributed by atoms with van der Waals surface area (Å²) in [5, 5.41) is 4.77. The van der Waals surface area contributed by atoms with Crippen molar-refractivity contribution in [2.75, 3.05) is 6.54 Å². The number of fused-ring (bicyclic) bond motifs is 2. The Balaban J connectivity index is 1.45. The number of hydrogen-bond donors (Lipinski definition) is 2. The maximum Gasteiger partial charge on any atom is 0.328 e. The van der Waals surface area contributed by atoms with Crippen LogP contribution < -0.4 is 22.1 Å². The van der Waals surface area contributed by atoms with E-state index >= 15 is 0 Å². The standard InChI is InChI=1S/C18H15N5O4S/c24-14(9-22-10-20-12-4-2-1-3-11(12)16(22)25)19-6-7-23-17(26)15-13(5-8-28-15)21-18(23)27/h1-5,8,10H,6-7,9H2,(H,19,24)(H,21,27). The maximum atomic E-state index is 12.4. The lowest BCUT2D eigenvalue weighted by Crippen LogP contribution is -2.40. The van der Waals surface area contributed by atoms with E-state index in [1.165, 1.54) is 22.2 Å². The van der Waals surface area contributed by atoms with Crippen molar-refractivity contribution in [1.82, 2.24) is 24.4 Å². The average molecular weight is 397 g/mol. The van der Waals surface area contributed by atoms with Gasteiger partial charge in [-0.2, -0.15) is 0 Å². The van der Waals surface area contributed by atoms with Gasteiger partial charge in [-0.05, 0) is 23.6 Å². The lowest BCUT2D eigenvalue weighted by atomic mass is 10.2. The largest absolute Gasteiger partial charge is 0.353 e. The van der Waals surface area contributed by atoms with Crippen LogP contribution in [0.3, 0.4) is 0 Å². The molecule has 0 unspecified atom stereocenters. The molecule has 3 aromatic heterocycles. The highest BCUT2D eigenvalue weighted by Gasteiger charge is 2.10. The Hall–Kier alpha value is -3.53. The molecule has 0 fully saturated rings. The summed E-state index contributed by atoms with van der Waals surface area (Å²) in [5.74, 6) is -0.416. The number of nitrogens with zero attached hydrogens (tertiary/aromatic N) is 3. The van der Waals surface area contributed by atoms with Gasteiger partial charge >= 0.3 is 5.69 Å². The third-order valence-corrected chi connectivity index (χ3v) is 5.20.